The summed E-state index contributed by atoms with van der Waals surface area (Å²) in [5, 5.41) is 0. The quantitative estimate of drug-likeness (QED) is 0.634. The highest BCUT2D eigenvalue weighted by Crippen LogP contribution is 2.21. The molecule has 0 aromatic carbocycles. The highest BCUT2D eigenvalue weighted by atomic mass is 16.1. The van der Waals surface area contributed by atoms with Crippen LogP contribution in [-0.4, -0.2) is 31.3 Å². The van der Waals surface area contributed by atoms with Crippen molar-refractivity contribution in [1.82, 2.24) is 4.90 Å². The number of aldehydes is 1. The Hall–Kier alpha value is -0.370. The Bertz CT molecular complexity index is 183. The Morgan fingerprint density at radius 2 is 1.64 bits per heavy atom. The largest absolute Gasteiger partial charge is 0.305 e. The highest BCUT2D eigenvalue weighted by molar-refractivity contribution is 5.58. The van der Waals surface area contributed by atoms with Gasteiger partial charge in [-0.05, 0) is 18.9 Å². The van der Waals surface area contributed by atoms with Gasteiger partial charge in [0, 0.05) is 18.5 Å². The van der Waals surface area contributed by atoms with Gasteiger partial charge in [-0.2, -0.15) is 0 Å². The van der Waals surface area contributed by atoms with Crippen LogP contribution in [0.25, 0.3) is 0 Å². The van der Waals surface area contributed by atoms with Crippen LogP contribution in [0.5, 0.6) is 0 Å². The average molecular weight is 199 g/mol. The van der Waals surface area contributed by atoms with Crippen molar-refractivity contribution in [2.45, 2.75) is 41.0 Å². The van der Waals surface area contributed by atoms with Crippen molar-refractivity contribution in [1.29, 1.82) is 0 Å². The first-order valence-corrected chi connectivity index (χ1v) is 5.37. The minimum atomic E-state index is -0.181. The van der Waals surface area contributed by atoms with E-state index < -0.39 is 0 Å². The van der Waals surface area contributed by atoms with Gasteiger partial charge in [0.05, 0.1) is 0 Å². The molecule has 1 atom stereocenters. The first-order valence-electron chi connectivity index (χ1n) is 5.37. The lowest BCUT2D eigenvalue weighted by Gasteiger charge is -2.32. The van der Waals surface area contributed by atoms with Gasteiger partial charge in [-0.15, -0.1) is 0 Å². The third-order valence-corrected chi connectivity index (χ3v) is 2.47. The summed E-state index contributed by atoms with van der Waals surface area (Å²) in [5.74, 6) is 0. The van der Waals surface area contributed by atoms with Crippen molar-refractivity contribution < 1.29 is 4.79 Å². The van der Waals surface area contributed by atoms with Gasteiger partial charge in [0.15, 0.2) is 0 Å². The van der Waals surface area contributed by atoms with Gasteiger partial charge in [0.2, 0.25) is 0 Å². The maximum atomic E-state index is 10.9. The van der Waals surface area contributed by atoms with E-state index in [2.05, 4.69) is 39.6 Å². The molecular formula is C12H25NO. The molecule has 0 fully saturated rings. The molecule has 14 heavy (non-hydrogen) atoms. The third kappa shape index (κ3) is 5.38. The summed E-state index contributed by atoms with van der Waals surface area (Å²) in [5.41, 5.74) is 0.117. The second kappa shape index (κ2) is 4.92. The minimum Gasteiger partial charge on any atom is -0.305 e. The predicted molar refractivity (Wildman–Crippen MR) is 61.4 cm³/mol. The zero-order valence-corrected chi connectivity index (χ0v) is 10.6. The topological polar surface area (TPSA) is 20.3 Å². The molecule has 0 spiro atoms. The van der Waals surface area contributed by atoms with Gasteiger partial charge in [-0.25, -0.2) is 0 Å². The molecular weight excluding hydrogens is 174 g/mol. The van der Waals surface area contributed by atoms with Crippen LogP contribution in [0.4, 0.5) is 0 Å². The van der Waals surface area contributed by atoms with Crippen LogP contribution >= 0.6 is 0 Å². The zero-order valence-electron chi connectivity index (χ0n) is 10.6. The van der Waals surface area contributed by atoms with Crippen LogP contribution in [0.3, 0.4) is 0 Å². The van der Waals surface area contributed by atoms with Crippen molar-refractivity contribution >= 4 is 6.29 Å². The van der Waals surface area contributed by atoms with E-state index in [1.165, 1.54) is 0 Å². The van der Waals surface area contributed by atoms with E-state index in [0.717, 1.165) is 25.8 Å². The first-order chi connectivity index (χ1) is 6.22. The standard InChI is InChI=1S/C12H25NO/c1-7-12(5,10-14)9-13(6)8-11(2,3)4/h10H,7-9H2,1-6H3. The molecule has 0 aliphatic rings. The average Bonchev–Trinajstić information content (AvgIpc) is 2.00. The molecule has 0 saturated carbocycles. The molecule has 84 valence electrons. The van der Waals surface area contributed by atoms with Crippen LogP contribution < -0.4 is 0 Å². The van der Waals surface area contributed by atoms with Crippen molar-refractivity contribution in [3.8, 4) is 0 Å². The van der Waals surface area contributed by atoms with Crippen LogP contribution in [0.2, 0.25) is 0 Å². The molecule has 0 aliphatic heterocycles. The molecule has 0 aliphatic carbocycles. The second-order valence-corrected chi connectivity index (χ2v) is 5.86. The van der Waals surface area contributed by atoms with E-state index in [-0.39, 0.29) is 5.41 Å². The Morgan fingerprint density at radius 3 is 1.93 bits per heavy atom. The Balaban J connectivity index is 4.17. The lowest BCUT2D eigenvalue weighted by molar-refractivity contribution is -0.116. The molecule has 0 rings (SSSR count). The SMILES string of the molecule is CCC(C)(C=O)CN(C)CC(C)(C)C. The van der Waals surface area contributed by atoms with Crippen molar-refractivity contribution in [3.05, 3.63) is 0 Å². The van der Waals surface area contributed by atoms with Crippen molar-refractivity contribution in [2.24, 2.45) is 10.8 Å². The fourth-order valence-corrected chi connectivity index (χ4v) is 1.71. The van der Waals surface area contributed by atoms with Gasteiger partial charge in [-0.3, -0.25) is 0 Å². The van der Waals surface area contributed by atoms with Gasteiger partial charge in [-0.1, -0.05) is 34.6 Å². The molecule has 0 N–H and O–H groups in total. The highest BCUT2D eigenvalue weighted by Gasteiger charge is 2.24. The van der Waals surface area contributed by atoms with E-state index in [1.807, 2.05) is 6.92 Å². The van der Waals surface area contributed by atoms with Crippen molar-refractivity contribution in [2.75, 3.05) is 20.1 Å². The number of carbonyl (C=O) groups is 1. The molecule has 1 unspecified atom stereocenters. The number of carbonyl (C=O) groups excluding carboxylic acids is 1. The predicted octanol–water partition coefficient (Wildman–Crippen LogP) is 2.58. The molecule has 0 heterocycles. The zero-order chi connectivity index (χ0) is 11.4. The summed E-state index contributed by atoms with van der Waals surface area (Å²) in [4.78, 5) is 13.2. The van der Waals surface area contributed by atoms with Crippen LogP contribution in [-0.2, 0) is 4.79 Å². The Morgan fingerprint density at radius 1 is 1.14 bits per heavy atom. The lowest BCUT2D eigenvalue weighted by atomic mass is 9.88. The van der Waals surface area contributed by atoms with E-state index in [0.29, 0.717) is 5.41 Å². The molecule has 0 amide bonds. The maximum Gasteiger partial charge on any atom is 0.127 e. The number of rotatable bonds is 5. The maximum absolute atomic E-state index is 10.9. The monoisotopic (exact) mass is 199 g/mol. The summed E-state index contributed by atoms with van der Waals surface area (Å²) in [6, 6.07) is 0. The lowest BCUT2D eigenvalue weighted by Crippen LogP contribution is -2.38. The number of hydrogen-bond donors (Lipinski definition) is 0. The molecule has 0 bridgehead atoms. The Labute approximate surface area is 88.7 Å². The summed E-state index contributed by atoms with van der Waals surface area (Å²) >= 11 is 0. The van der Waals surface area contributed by atoms with Crippen LogP contribution in [0.1, 0.15) is 41.0 Å². The molecule has 0 radical (unpaired) electrons. The van der Waals surface area contributed by atoms with E-state index in [9.17, 15) is 4.79 Å². The number of nitrogens with zero attached hydrogens (tertiary/aromatic N) is 1. The molecule has 0 saturated heterocycles. The van der Waals surface area contributed by atoms with E-state index in [1.54, 1.807) is 0 Å². The summed E-state index contributed by atoms with van der Waals surface area (Å²) in [6.07, 6.45) is 2.00. The summed E-state index contributed by atoms with van der Waals surface area (Å²) < 4.78 is 0. The summed E-state index contributed by atoms with van der Waals surface area (Å²) in [6.45, 7) is 12.6. The van der Waals surface area contributed by atoms with Gasteiger partial charge < -0.3 is 9.69 Å². The van der Waals surface area contributed by atoms with Crippen LogP contribution in [0.15, 0.2) is 0 Å². The minimum absolute atomic E-state index is 0.181. The molecule has 2 heteroatoms. The second-order valence-electron chi connectivity index (χ2n) is 5.86. The smallest absolute Gasteiger partial charge is 0.127 e. The molecule has 2 nitrogen and oxygen atoms in total. The Kier molecular flexibility index (Phi) is 4.79. The normalized spacial score (nSPS) is 16.8. The number of hydrogen-bond acceptors (Lipinski definition) is 2. The fourth-order valence-electron chi connectivity index (χ4n) is 1.71. The first kappa shape index (κ1) is 13.6. The third-order valence-electron chi connectivity index (χ3n) is 2.47. The molecule has 0 aromatic heterocycles. The summed E-state index contributed by atoms with van der Waals surface area (Å²) in [7, 11) is 2.09. The van der Waals surface area contributed by atoms with E-state index >= 15 is 0 Å². The van der Waals surface area contributed by atoms with Gasteiger partial charge >= 0.3 is 0 Å². The molecule has 0 aromatic rings. The van der Waals surface area contributed by atoms with E-state index in [4.69, 9.17) is 0 Å². The van der Waals surface area contributed by atoms with Crippen LogP contribution in [0, 0.1) is 10.8 Å². The fraction of sp³-hybridized carbons (Fsp3) is 0.917. The van der Waals surface area contributed by atoms with Gasteiger partial charge in [0.25, 0.3) is 0 Å². The van der Waals surface area contributed by atoms with Gasteiger partial charge in [0.1, 0.15) is 6.29 Å². The van der Waals surface area contributed by atoms with Crippen molar-refractivity contribution in [3.63, 3.8) is 0 Å².